The van der Waals surface area contributed by atoms with Crippen molar-refractivity contribution in [1.82, 2.24) is 5.32 Å². The summed E-state index contributed by atoms with van der Waals surface area (Å²) in [5.74, 6) is 2.70. The molecule has 1 amide bonds. The van der Waals surface area contributed by atoms with E-state index in [1.807, 2.05) is 22.6 Å². The van der Waals surface area contributed by atoms with Crippen LogP contribution in [0.4, 0.5) is 4.79 Å². The van der Waals surface area contributed by atoms with Crippen LogP contribution in [0.5, 0.6) is 5.75 Å². The fourth-order valence-corrected chi connectivity index (χ4v) is 1.41. The third-order valence-corrected chi connectivity index (χ3v) is 2.98. The predicted molar refractivity (Wildman–Crippen MR) is 67.0 cm³/mol. The smallest absolute Gasteiger partial charge is 0.410 e. The van der Waals surface area contributed by atoms with E-state index in [2.05, 4.69) is 11.2 Å². The number of hydrogen-bond acceptors (Lipinski definition) is 2. The molecule has 78 valence electrons. The second-order valence-electron chi connectivity index (χ2n) is 2.52. The first-order valence-corrected chi connectivity index (χ1v) is 5.43. The van der Waals surface area contributed by atoms with Crippen LogP contribution >= 0.6 is 34.2 Å². The lowest BCUT2D eigenvalue weighted by molar-refractivity contribution is 0.202. The zero-order valence-corrected chi connectivity index (χ0v) is 10.5. The lowest BCUT2D eigenvalue weighted by atomic mass is 10.3. The first kappa shape index (κ1) is 12.1. The van der Waals surface area contributed by atoms with Gasteiger partial charge in [-0.25, -0.2) is 4.79 Å². The van der Waals surface area contributed by atoms with Gasteiger partial charge in [-0.15, -0.1) is 6.42 Å². The molecular formula is C10H7ClINO2. The van der Waals surface area contributed by atoms with E-state index in [1.165, 1.54) is 0 Å². The van der Waals surface area contributed by atoms with Crippen molar-refractivity contribution in [1.29, 1.82) is 0 Å². The van der Waals surface area contributed by atoms with Crippen LogP contribution in [0.2, 0.25) is 5.02 Å². The quantitative estimate of drug-likeness (QED) is 0.666. The standard InChI is InChI=1S/C10H7ClINO2/c1-2-5-13-10(14)15-7-3-4-8(11)9(12)6-7/h1,3-4,6H,5H2,(H,13,14). The Morgan fingerprint density at radius 3 is 3.00 bits per heavy atom. The van der Waals surface area contributed by atoms with Gasteiger partial charge in [-0.1, -0.05) is 17.5 Å². The molecule has 0 unspecified atom stereocenters. The Morgan fingerprint density at radius 2 is 2.40 bits per heavy atom. The molecule has 1 rings (SSSR count). The summed E-state index contributed by atoms with van der Waals surface area (Å²) in [4.78, 5) is 11.1. The number of benzene rings is 1. The highest BCUT2D eigenvalue weighted by molar-refractivity contribution is 14.1. The average molecular weight is 336 g/mol. The third-order valence-electron chi connectivity index (χ3n) is 1.44. The van der Waals surface area contributed by atoms with E-state index in [0.29, 0.717) is 10.8 Å². The van der Waals surface area contributed by atoms with Crippen molar-refractivity contribution in [3.05, 3.63) is 26.8 Å². The van der Waals surface area contributed by atoms with E-state index in [-0.39, 0.29) is 6.54 Å². The minimum atomic E-state index is -0.578. The van der Waals surface area contributed by atoms with Crippen LogP contribution in [0, 0.1) is 15.9 Å². The lowest BCUT2D eigenvalue weighted by Gasteiger charge is -2.05. The first-order chi connectivity index (χ1) is 7.13. The van der Waals surface area contributed by atoms with Gasteiger partial charge in [-0.05, 0) is 40.8 Å². The van der Waals surface area contributed by atoms with Gasteiger partial charge in [0.15, 0.2) is 0 Å². The molecule has 3 nitrogen and oxygen atoms in total. The molecule has 1 aromatic rings. The number of amides is 1. The van der Waals surface area contributed by atoms with Gasteiger partial charge in [0.25, 0.3) is 0 Å². The van der Waals surface area contributed by atoms with Gasteiger partial charge in [0.05, 0.1) is 11.6 Å². The topological polar surface area (TPSA) is 38.3 Å². The van der Waals surface area contributed by atoms with Gasteiger partial charge in [0.1, 0.15) is 5.75 Å². The number of nitrogens with one attached hydrogen (secondary N) is 1. The number of ether oxygens (including phenoxy) is 1. The van der Waals surface area contributed by atoms with Gasteiger partial charge >= 0.3 is 6.09 Å². The maximum atomic E-state index is 11.1. The van der Waals surface area contributed by atoms with Crippen molar-refractivity contribution >= 4 is 40.3 Å². The summed E-state index contributed by atoms with van der Waals surface area (Å²) in [7, 11) is 0. The molecule has 5 heteroatoms. The van der Waals surface area contributed by atoms with Gasteiger partial charge in [0.2, 0.25) is 0 Å². The van der Waals surface area contributed by atoms with Crippen LogP contribution in [0.1, 0.15) is 0 Å². The van der Waals surface area contributed by atoms with Crippen LogP contribution in [0.25, 0.3) is 0 Å². The highest BCUT2D eigenvalue weighted by Crippen LogP contribution is 2.23. The highest BCUT2D eigenvalue weighted by Gasteiger charge is 2.04. The SMILES string of the molecule is C#CCNC(=O)Oc1ccc(Cl)c(I)c1. The number of hydrogen-bond donors (Lipinski definition) is 1. The van der Waals surface area contributed by atoms with Crippen molar-refractivity contribution in [2.75, 3.05) is 6.54 Å². The molecule has 0 aliphatic rings. The molecule has 0 aliphatic carbocycles. The Bertz CT molecular complexity index is 414. The summed E-state index contributed by atoms with van der Waals surface area (Å²) >= 11 is 7.86. The summed E-state index contributed by atoms with van der Waals surface area (Å²) in [5, 5.41) is 3.00. The van der Waals surface area contributed by atoms with E-state index in [1.54, 1.807) is 18.2 Å². The second-order valence-corrected chi connectivity index (χ2v) is 4.09. The van der Waals surface area contributed by atoms with E-state index in [4.69, 9.17) is 22.8 Å². The van der Waals surface area contributed by atoms with Crippen molar-refractivity contribution in [3.8, 4) is 18.1 Å². The van der Waals surface area contributed by atoms with Crippen molar-refractivity contribution in [2.24, 2.45) is 0 Å². The minimum absolute atomic E-state index is 0.142. The van der Waals surface area contributed by atoms with E-state index in [9.17, 15) is 4.79 Å². The summed E-state index contributed by atoms with van der Waals surface area (Å²) in [6, 6.07) is 4.94. The fraction of sp³-hybridized carbons (Fsp3) is 0.100. The zero-order chi connectivity index (χ0) is 11.3. The number of rotatable bonds is 2. The number of carbonyl (C=O) groups is 1. The van der Waals surface area contributed by atoms with E-state index >= 15 is 0 Å². The average Bonchev–Trinajstić information content (AvgIpc) is 2.20. The summed E-state index contributed by atoms with van der Waals surface area (Å²) < 4.78 is 5.76. The molecule has 1 N–H and O–H groups in total. The molecule has 0 heterocycles. The molecule has 0 aromatic heterocycles. The molecule has 0 bridgehead atoms. The molecular weight excluding hydrogens is 328 g/mol. The first-order valence-electron chi connectivity index (χ1n) is 3.97. The van der Waals surface area contributed by atoms with Crippen molar-refractivity contribution < 1.29 is 9.53 Å². The largest absolute Gasteiger partial charge is 0.413 e. The Hall–Kier alpha value is -0.930. The van der Waals surface area contributed by atoms with Gasteiger partial charge in [0, 0.05) is 3.57 Å². The monoisotopic (exact) mass is 335 g/mol. The van der Waals surface area contributed by atoms with Crippen molar-refractivity contribution in [3.63, 3.8) is 0 Å². The fourth-order valence-electron chi connectivity index (χ4n) is 0.807. The second kappa shape index (κ2) is 5.83. The Morgan fingerprint density at radius 1 is 1.67 bits per heavy atom. The molecule has 0 saturated heterocycles. The Balaban J connectivity index is 2.62. The number of halogens is 2. The molecule has 0 spiro atoms. The molecule has 0 fully saturated rings. The van der Waals surface area contributed by atoms with Crippen LogP contribution in [0.15, 0.2) is 18.2 Å². The summed E-state index contributed by atoms with van der Waals surface area (Å²) in [5.41, 5.74) is 0. The molecule has 0 saturated carbocycles. The molecule has 0 aliphatic heterocycles. The van der Waals surface area contributed by atoms with E-state index < -0.39 is 6.09 Å². The maximum Gasteiger partial charge on any atom is 0.413 e. The molecule has 0 atom stereocenters. The van der Waals surface area contributed by atoms with Crippen LogP contribution in [-0.2, 0) is 0 Å². The molecule has 1 aromatic carbocycles. The van der Waals surface area contributed by atoms with Crippen LogP contribution < -0.4 is 10.1 Å². The zero-order valence-electron chi connectivity index (χ0n) is 7.59. The Labute approximate surface area is 106 Å². The van der Waals surface area contributed by atoms with E-state index in [0.717, 1.165) is 3.57 Å². The van der Waals surface area contributed by atoms with Gasteiger partial charge in [-0.3, -0.25) is 0 Å². The minimum Gasteiger partial charge on any atom is -0.410 e. The normalized spacial score (nSPS) is 9.13. The van der Waals surface area contributed by atoms with Crippen LogP contribution in [0.3, 0.4) is 0 Å². The summed E-state index contributed by atoms with van der Waals surface area (Å²) in [6.07, 6.45) is 4.40. The Kier molecular flexibility index (Phi) is 4.72. The predicted octanol–water partition coefficient (Wildman–Crippen LogP) is 2.67. The molecule has 15 heavy (non-hydrogen) atoms. The maximum absolute atomic E-state index is 11.1. The van der Waals surface area contributed by atoms with Crippen molar-refractivity contribution in [2.45, 2.75) is 0 Å². The number of carbonyl (C=O) groups excluding carboxylic acids is 1. The number of terminal acetylenes is 1. The van der Waals surface area contributed by atoms with Crippen LogP contribution in [-0.4, -0.2) is 12.6 Å². The summed E-state index contributed by atoms with van der Waals surface area (Å²) in [6.45, 7) is 0.142. The van der Waals surface area contributed by atoms with Gasteiger partial charge in [-0.2, -0.15) is 0 Å². The van der Waals surface area contributed by atoms with Gasteiger partial charge < -0.3 is 10.1 Å². The molecule has 0 radical (unpaired) electrons. The lowest BCUT2D eigenvalue weighted by Crippen LogP contribution is -2.26. The highest BCUT2D eigenvalue weighted by atomic mass is 127. The third kappa shape index (κ3) is 3.98.